The predicted molar refractivity (Wildman–Crippen MR) is 313 cm³/mol. The zero-order chi connectivity index (χ0) is 53.0. The van der Waals surface area contributed by atoms with Gasteiger partial charge in [-0.15, -0.1) is 0 Å². The largest absolute Gasteiger partial charge is 0.478 e. The van der Waals surface area contributed by atoms with E-state index < -0.39 is 5.97 Å². The molecule has 426 valence electrons. The number of rotatable bonds is 57. The van der Waals surface area contributed by atoms with E-state index in [1.54, 1.807) is 0 Å². The zero-order valence-corrected chi connectivity index (χ0v) is 49.6. The molecule has 1 N–H and O–H groups in total. The Labute approximate surface area is 449 Å². The zero-order valence-electron chi connectivity index (χ0n) is 49.6. The van der Waals surface area contributed by atoms with Crippen LogP contribution in [0.5, 0.6) is 0 Å². The van der Waals surface area contributed by atoms with E-state index in [1.807, 2.05) is 0 Å². The summed E-state index contributed by atoms with van der Waals surface area (Å²) in [6.07, 6.45) is 56.3. The monoisotopic (exact) mass is 1010 g/mol. The van der Waals surface area contributed by atoms with Gasteiger partial charge >= 0.3 is 11.9 Å². The van der Waals surface area contributed by atoms with Crippen LogP contribution in [0.2, 0.25) is 0 Å². The van der Waals surface area contributed by atoms with Gasteiger partial charge in [0.05, 0.1) is 6.61 Å². The first-order valence-corrected chi connectivity index (χ1v) is 32.1. The highest BCUT2D eigenvalue weighted by molar-refractivity contribution is 5.86. The van der Waals surface area contributed by atoms with E-state index >= 15 is 0 Å². The molecular formula is C65H126N2O5. The topological polar surface area (TPSA) is 87.1 Å². The molecule has 7 nitrogen and oxygen atoms in total. The smallest absolute Gasteiger partial charge is 0.331 e. The standard InChI is InChI=1S/C65H126N2O5/c1-8-13-18-23-26-27-31-40-51-62(52-41-34-39-50-61(65(70)71)57-59(46-35-21-16-11-4)47-37-29-24-19-14-9-2)67(63(68)53-43-45-55-66(6)7)56-44-33-28-32-42-54-64(69)72-58-60(48-36-22-17-12-5)49-38-30-25-20-15-10-3/h50,59-60,62H,8-49,51-58H2,1-7H3,(H,70,71). The number of hydrogen-bond acceptors (Lipinski definition) is 5. The fourth-order valence-electron chi connectivity index (χ4n) is 10.9. The summed E-state index contributed by atoms with van der Waals surface area (Å²) in [5.41, 5.74) is 0.629. The molecule has 0 radical (unpaired) electrons. The van der Waals surface area contributed by atoms with Crippen LogP contribution < -0.4 is 0 Å². The van der Waals surface area contributed by atoms with Crippen molar-refractivity contribution in [1.82, 2.24) is 9.80 Å². The Morgan fingerprint density at radius 3 is 1.28 bits per heavy atom. The number of hydrogen-bond donors (Lipinski definition) is 1. The Balaban J connectivity index is 5.62. The highest BCUT2D eigenvalue weighted by Gasteiger charge is 2.23. The molecule has 0 fully saturated rings. The van der Waals surface area contributed by atoms with Crippen molar-refractivity contribution in [3.8, 4) is 0 Å². The van der Waals surface area contributed by atoms with Crippen molar-refractivity contribution in [3.63, 3.8) is 0 Å². The van der Waals surface area contributed by atoms with E-state index in [4.69, 9.17) is 4.74 Å². The average molecular weight is 1020 g/mol. The summed E-state index contributed by atoms with van der Waals surface area (Å²) >= 11 is 0. The van der Waals surface area contributed by atoms with Gasteiger partial charge in [-0.2, -0.15) is 0 Å². The van der Waals surface area contributed by atoms with Crippen molar-refractivity contribution >= 4 is 17.8 Å². The minimum absolute atomic E-state index is 0.0217. The summed E-state index contributed by atoms with van der Waals surface area (Å²) in [6, 6.07) is 0.241. The number of carboxylic acids is 1. The molecule has 1 amide bonds. The van der Waals surface area contributed by atoms with E-state index in [1.165, 1.54) is 193 Å². The number of esters is 1. The minimum atomic E-state index is -0.731. The Hall–Kier alpha value is -1.89. The lowest BCUT2D eigenvalue weighted by molar-refractivity contribution is -0.145. The second-order valence-electron chi connectivity index (χ2n) is 23.0. The highest BCUT2D eigenvalue weighted by Crippen LogP contribution is 2.27. The molecule has 0 heterocycles. The van der Waals surface area contributed by atoms with E-state index in [9.17, 15) is 19.5 Å². The van der Waals surface area contributed by atoms with Gasteiger partial charge in [-0.05, 0) is 103 Å². The molecule has 0 aromatic heterocycles. The third-order valence-corrected chi connectivity index (χ3v) is 15.7. The highest BCUT2D eigenvalue weighted by atomic mass is 16.5. The maximum Gasteiger partial charge on any atom is 0.331 e. The fourth-order valence-corrected chi connectivity index (χ4v) is 10.9. The molecule has 3 atom stereocenters. The van der Waals surface area contributed by atoms with Crippen molar-refractivity contribution in [2.45, 2.75) is 342 Å². The molecule has 0 aromatic rings. The summed E-state index contributed by atoms with van der Waals surface area (Å²) in [5, 5.41) is 10.4. The molecule has 0 aliphatic carbocycles. The molecule has 0 bridgehead atoms. The number of ether oxygens (including phenoxy) is 1. The van der Waals surface area contributed by atoms with Crippen LogP contribution in [-0.4, -0.2) is 72.6 Å². The first kappa shape index (κ1) is 70.1. The summed E-state index contributed by atoms with van der Waals surface area (Å²) in [7, 11) is 4.22. The fraction of sp³-hybridized carbons (Fsp3) is 0.923. The predicted octanol–water partition coefficient (Wildman–Crippen LogP) is 20.0. The van der Waals surface area contributed by atoms with Crippen molar-refractivity contribution in [2.24, 2.45) is 11.8 Å². The van der Waals surface area contributed by atoms with Crippen LogP contribution in [0.25, 0.3) is 0 Å². The van der Waals surface area contributed by atoms with Crippen molar-refractivity contribution in [3.05, 3.63) is 11.6 Å². The van der Waals surface area contributed by atoms with Gasteiger partial charge in [-0.25, -0.2) is 4.79 Å². The van der Waals surface area contributed by atoms with Gasteiger partial charge in [-0.3, -0.25) is 9.59 Å². The first-order valence-electron chi connectivity index (χ1n) is 32.1. The average Bonchev–Trinajstić information content (AvgIpc) is 3.36. The van der Waals surface area contributed by atoms with Crippen molar-refractivity contribution < 1.29 is 24.2 Å². The van der Waals surface area contributed by atoms with Gasteiger partial charge in [0.15, 0.2) is 0 Å². The third-order valence-electron chi connectivity index (χ3n) is 15.7. The normalized spacial score (nSPS) is 13.2. The SMILES string of the molecule is CCCCCCCCCCC(CCCCC=C(CC(CCCCCC)CCCCCCCC)C(=O)O)N(CCCCCCCC(=O)OCC(CCCCCC)CCCCCCCC)C(=O)CCCCN(C)C. The molecule has 0 aliphatic rings. The Bertz CT molecular complexity index is 1220. The minimum Gasteiger partial charge on any atom is -0.478 e. The molecule has 0 rings (SSSR count). The van der Waals surface area contributed by atoms with Crippen LogP contribution in [-0.2, 0) is 19.1 Å². The van der Waals surface area contributed by atoms with Crippen LogP contribution >= 0.6 is 0 Å². The second kappa shape index (κ2) is 53.9. The van der Waals surface area contributed by atoms with Crippen molar-refractivity contribution in [1.29, 1.82) is 0 Å². The number of unbranched alkanes of at least 4 members (excludes halogenated alkanes) is 30. The van der Waals surface area contributed by atoms with Crippen LogP contribution in [0.4, 0.5) is 0 Å². The summed E-state index contributed by atoms with van der Waals surface area (Å²) < 4.78 is 5.91. The van der Waals surface area contributed by atoms with Crippen molar-refractivity contribution in [2.75, 3.05) is 33.8 Å². The number of allylic oxidation sites excluding steroid dienone is 1. The van der Waals surface area contributed by atoms with Gasteiger partial charge in [0.2, 0.25) is 5.91 Å². The van der Waals surface area contributed by atoms with Crippen LogP contribution in [0.1, 0.15) is 336 Å². The molecule has 0 spiro atoms. The number of nitrogens with zero attached hydrogens (tertiary/aromatic N) is 2. The van der Waals surface area contributed by atoms with Gasteiger partial charge < -0.3 is 19.6 Å². The van der Waals surface area contributed by atoms with Crippen LogP contribution in [0, 0.1) is 11.8 Å². The number of carboxylic acid groups (broad SMARTS) is 1. The van der Waals surface area contributed by atoms with E-state index in [-0.39, 0.29) is 12.0 Å². The molecule has 0 aliphatic heterocycles. The number of carbonyl (C=O) groups excluding carboxylic acids is 2. The Kier molecular flexibility index (Phi) is 52.5. The number of amides is 1. The maximum absolute atomic E-state index is 14.2. The summed E-state index contributed by atoms with van der Waals surface area (Å²) in [6.45, 7) is 13.8. The molecule has 0 aromatic carbocycles. The van der Waals surface area contributed by atoms with Crippen LogP contribution in [0.15, 0.2) is 11.6 Å². The van der Waals surface area contributed by atoms with Gasteiger partial charge in [0.25, 0.3) is 0 Å². The lowest BCUT2D eigenvalue weighted by Gasteiger charge is -2.33. The third kappa shape index (κ3) is 45.5. The van der Waals surface area contributed by atoms with E-state index in [0.29, 0.717) is 49.2 Å². The number of aliphatic carboxylic acids is 1. The van der Waals surface area contributed by atoms with E-state index in [0.717, 1.165) is 103 Å². The van der Waals surface area contributed by atoms with Crippen LogP contribution in [0.3, 0.4) is 0 Å². The number of carbonyl (C=O) groups is 3. The summed E-state index contributed by atoms with van der Waals surface area (Å²) in [5.74, 6) is 0.540. The molecule has 72 heavy (non-hydrogen) atoms. The molecule has 7 heteroatoms. The molecule has 3 unspecified atom stereocenters. The second-order valence-corrected chi connectivity index (χ2v) is 23.0. The molecular weight excluding hydrogens is 889 g/mol. The maximum atomic E-state index is 14.2. The quantitative estimate of drug-likeness (QED) is 0.0371. The Morgan fingerprint density at radius 2 is 0.806 bits per heavy atom. The van der Waals surface area contributed by atoms with Gasteiger partial charge in [0.1, 0.15) is 0 Å². The lowest BCUT2D eigenvalue weighted by Crippen LogP contribution is -2.41. The molecule has 0 saturated heterocycles. The van der Waals surface area contributed by atoms with Gasteiger partial charge in [-0.1, -0.05) is 259 Å². The Morgan fingerprint density at radius 1 is 0.431 bits per heavy atom. The summed E-state index contributed by atoms with van der Waals surface area (Å²) in [4.78, 5) is 44.2. The first-order chi connectivity index (χ1) is 35.1. The molecule has 0 saturated carbocycles. The lowest BCUT2D eigenvalue weighted by atomic mass is 9.88. The van der Waals surface area contributed by atoms with Gasteiger partial charge in [0, 0.05) is 31.0 Å². The van der Waals surface area contributed by atoms with E-state index in [2.05, 4.69) is 64.6 Å².